The van der Waals surface area contributed by atoms with Gasteiger partial charge in [0, 0.05) is 31.7 Å². The van der Waals surface area contributed by atoms with Crippen molar-refractivity contribution in [1.29, 1.82) is 0 Å². The standard InChI is InChI=1S/C15H24ClN3O/c1-10(2)14-17-13(16)11(3)15(18-14)19(4)9-12-7-5-6-8-20-12/h10,12H,5-9H2,1-4H3. The number of nitrogens with zero attached hydrogens (tertiary/aromatic N) is 3. The molecule has 2 heterocycles. The van der Waals surface area contributed by atoms with Crippen molar-refractivity contribution in [2.75, 3.05) is 25.1 Å². The molecule has 0 bridgehead atoms. The molecular weight excluding hydrogens is 274 g/mol. The van der Waals surface area contributed by atoms with Gasteiger partial charge in [-0.1, -0.05) is 25.4 Å². The Balaban J connectivity index is 2.17. The zero-order chi connectivity index (χ0) is 14.7. The molecule has 1 atom stereocenters. The molecule has 1 aliphatic rings. The fourth-order valence-corrected chi connectivity index (χ4v) is 2.64. The van der Waals surface area contributed by atoms with Gasteiger partial charge in [-0.25, -0.2) is 9.97 Å². The van der Waals surface area contributed by atoms with E-state index >= 15 is 0 Å². The molecule has 0 saturated carbocycles. The Hall–Kier alpha value is -0.870. The predicted molar refractivity (Wildman–Crippen MR) is 82.7 cm³/mol. The smallest absolute Gasteiger partial charge is 0.137 e. The van der Waals surface area contributed by atoms with Crippen LogP contribution in [0.4, 0.5) is 5.82 Å². The van der Waals surface area contributed by atoms with Crippen LogP contribution in [0.2, 0.25) is 5.15 Å². The van der Waals surface area contributed by atoms with E-state index in [0.717, 1.165) is 36.8 Å². The van der Waals surface area contributed by atoms with E-state index in [-0.39, 0.29) is 5.92 Å². The number of likely N-dealkylation sites (N-methyl/N-ethyl adjacent to an activating group) is 1. The van der Waals surface area contributed by atoms with Crippen LogP contribution in [0.3, 0.4) is 0 Å². The van der Waals surface area contributed by atoms with Crippen molar-refractivity contribution in [1.82, 2.24) is 9.97 Å². The summed E-state index contributed by atoms with van der Waals surface area (Å²) in [5.41, 5.74) is 0.939. The lowest BCUT2D eigenvalue weighted by Gasteiger charge is -2.29. The molecule has 1 saturated heterocycles. The molecule has 1 unspecified atom stereocenters. The number of anilines is 1. The monoisotopic (exact) mass is 297 g/mol. The molecule has 1 aromatic heterocycles. The van der Waals surface area contributed by atoms with Gasteiger partial charge in [0.2, 0.25) is 0 Å². The summed E-state index contributed by atoms with van der Waals surface area (Å²) in [5, 5.41) is 0.551. The summed E-state index contributed by atoms with van der Waals surface area (Å²) in [6.07, 6.45) is 3.85. The molecule has 1 aromatic rings. The van der Waals surface area contributed by atoms with Crippen LogP contribution in [0.5, 0.6) is 0 Å². The Morgan fingerprint density at radius 2 is 2.10 bits per heavy atom. The molecule has 0 aliphatic carbocycles. The van der Waals surface area contributed by atoms with Crippen molar-refractivity contribution in [3.63, 3.8) is 0 Å². The van der Waals surface area contributed by atoms with Crippen molar-refractivity contribution in [2.24, 2.45) is 0 Å². The molecule has 0 aromatic carbocycles. The van der Waals surface area contributed by atoms with E-state index in [1.165, 1.54) is 12.8 Å². The van der Waals surface area contributed by atoms with Crippen molar-refractivity contribution in [2.45, 2.75) is 52.1 Å². The summed E-state index contributed by atoms with van der Waals surface area (Å²) in [7, 11) is 2.05. The Labute approximate surface area is 126 Å². The second kappa shape index (κ2) is 6.72. The first-order valence-electron chi connectivity index (χ1n) is 7.35. The second-order valence-corrected chi connectivity index (χ2v) is 6.20. The van der Waals surface area contributed by atoms with Crippen LogP contribution in [0.1, 0.15) is 50.4 Å². The molecule has 0 N–H and O–H groups in total. The predicted octanol–water partition coefficient (Wildman–Crippen LogP) is 3.57. The van der Waals surface area contributed by atoms with E-state index < -0.39 is 0 Å². The van der Waals surface area contributed by atoms with Crippen molar-refractivity contribution in [3.8, 4) is 0 Å². The number of aromatic nitrogens is 2. The van der Waals surface area contributed by atoms with E-state index in [9.17, 15) is 0 Å². The van der Waals surface area contributed by atoms with Gasteiger partial charge >= 0.3 is 0 Å². The van der Waals surface area contributed by atoms with Gasteiger partial charge in [-0.2, -0.15) is 0 Å². The Morgan fingerprint density at radius 1 is 1.35 bits per heavy atom. The Bertz CT molecular complexity index is 459. The van der Waals surface area contributed by atoms with E-state index in [0.29, 0.717) is 11.3 Å². The minimum absolute atomic E-state index is 0.270. The fourth-order valence-electron chi connectivity index (χ4n) is 2.47. The Morgan fingerprint density at radius 3 is 2.70 bits per heavy atom. The van der Waals surface area contributed by atoms with Crippen molar-refractivity contribution < 1.29 is 4.74 Å². The summed E-state index contributed by atoms with van der Waals surface area (Å²) < 4.78 is 5.80. The van der Waals surface area contributed by atoms with Gasteiger partial charge in [0.15, 0.2) is 0 Å². The fraction of sp³-hybridized carbons (Fsp3) is 0.733. The summed E-state index contributed by atoms with van der Waals surface area (Å²) >= 11 is 6.24. The molecule has 20 heavy (non-hydrogen) atoms. The topological polar surface area (TPSA) is 38.2 Å². The normalized spacial score (nSPS) is 19.4. The quantitative estimate of drug-likeness (QED) is 0.796. The number of hydrogen-bond donors (Lipinski definition) is 0. The first-order valence-corrected chi connectivity index (χ1v) is 7.73. The minimum atomic E-state index is 0.270. The van der Waals surface area contributed by atoms with Crippen LogP contribution in [0, 0.1) is 6.92 Å². The van der Waals surface area contributed by atoms with Crippen LogP contribution in [-0.4, -0.2) is 36.3 Å². The van der Waals surface area contributed by atoms with Crippen molar-refractivity contribution >= 4 is 17.4 Å². The van der Waals surface area contributed by atoms with Gasteiger partial charge in [0.25, 0.3) is 0 Å². The molecule has 0 spiro atoms. The van der Waals surface area contributed by atoms with E-state index in [1.54, 1.807) is 0 Å². The molecule has 5 heteroatoms. The highest BCUT2D eigenvalue weighted by Gasteiger charge is 2.20. The number of rotatable bonds is 4. The lowest BCUT2D eigenvalue weighted by atomic mass is 10.1. The van der Waals surface area contributed by atoms with Crippen LogP contribution >= 0.6 is 11.6 Å². The molecule has 0 radical (unpaired) electrons. The first-order chi connectivity index (χ1) is 9.49. The highest BCUT2D eigenvalue weighted by Crippen LogP contribution is 2.26. The molecule has 2 rings (SSSR count). The van der Waals surface area contributed by atoms with E-state index in [2.05, 4.69) is 28.7 Å². The zero-order valence-electron chi connectivity index (χ0n) is 12.8. The maximum Gasteiger partial charge on any atom is 0.137 e. The van der Waals surface area contributed by atoms with Gasteiger partial charge in [-0.3, -0.25) is 0 Å². The van der Waals surface area contributed by atoms with Crippen molar-refractivity contribution in [3.05, 3.63) is 16.5 Å². The third kappa shape index (κ3) is 3.61. The van der Waals surface area contributed by atoms with Crippen LogP contribution in [0.15, 0.2) is 0 Å². The number of hydrogen-bond acceptors (Lipinski definition) is 4. The number of halogens is 1. The maximum absolute atomic E-state index is 6.24. The highest BCUT2D eigenvalue weighted by atomic mass is 35.5. The molecule has 1 fully saturated rings. The summed E-state index contributed by atoms with van der Waals surface area (Å²) in [6.45, 7) is 7.86. The lowest BCUT2D eigenvalue weighted by molar-refractivity contribution is 0.0215. The van der Waals surface area contributed by atoms with Crippen LogP contribution in [0.25, 0.3) is 0 Å². The maximum atomic E-state index is 6.24. The van der Waals surface area contributed by atoms with Gasteiger partial charge < -0.3 is 9.64 Å². The van der Waals surface area contributed by atoms with Gasteiger partial charge in [-0.15, -0.1) is 0 Å². The summed E-state index contributed by atoms with van der Waals surface area (Å²) in [6, 6.07) is 0. The van der Waals surface area contributed by atoms with Gasteiger partial charge in [0.1, 0.15) is 16.8 Å². The molecule has 4 nitrogen and oxygen atoms in total. The van der Waals surface area contributed by atoms with Gasteiger partial charge in [0.05, 0.1) is 6.10 Å². The molecule has 0 amide bonds. The highest BCUT2D eigenvalue weighted by molar-refractivity contribution is 6.30. The number of ether oxygens (including phenoxy) is 1. The second-order valence-electron chi connectivity index (χ2n) is 5.85. The molecule has 1 aliphatic heterocycles. The first kappa shape index (κ1) is 15.5. The van der Waals surface area contributed by atoms with Gasteiger partial charge in [-0.05, 0) is 26.2 Å². The largest absolute Gasteiger partial charge is 0.376 e. The third-order valence-corrected chi connectivity index (χ3v) is 4.08. The minimum Gasteiger partial charge on any atom is -0.376 e. The van der Waals surface area contributed by atoms with Crippen LogP contribution < -0.4 is 4.90 Å². The SMILES string of the molecule is Cc1c(Cl)nc(C(C)C)nc1N(C)CC1CCCCO1. The average molecular weight is 298 g/mol. The van der Waals surface area contributed by atoms with Crippen LogP contribution in [-0.2, 0) is 4.74 Å². The third-order valence-electron chi connectivity index (χ3n) is 3.71. The average Bonchev–Trinajstić information content (AvgIpc) is 2.42. The zero-order valence-corrected chi connectivity index (χ0v) is 13.6. The summed E-state index contributed by atoms with van der Waals surface area (Å²) in [5.74, 6) is 1.99. The van der Waals surface area contributed by atoms with E-state index in [4.69, 9.17) is 16.3 Å². The molecular formula is C15H24ClN3O. The van der Waals surface area contributed by atoms with E-state index in [1.807, 2.05) is 14.0 Å². The summed E-state index contributed by atoms with van der Waals surface area (Å²) in [4.78, 5) is 11.2. The lowest BCUT2D eigenvalue weighted by Crippen LogP contribution is -2.34. The Kier molecular flexibility index (Phi) is 5.22. The molecule has 112 valence electrons.